The van der Waals surface area contributed by atoms with Crippen LogP contribution in [0, 0.1) is 0 Å². The maximum Gasteiger partial charge on any atom is 0.150 e. The second-order valence-corrected chi connectivity index (χ2v) is 7.21. The minimum Gasteiger partial charge on any atom is -0.299 e. The first kappa shape index (κ1) is 20.9. The van der Waals surface area contributed by atoms with Crippen LogP contribution in [0.25, 0.3) is 0 Å². The van der Waals surface area contributed by atoms with Crippen molar-refractivity contribution < 1.29 is 4.79 Å². The van der Waals surface area contributed by atoms with Gasteiger partial charge in [0.05, 0.1) is 6.04 Å². The molecule has 1 aromatic carbocycles. The molecule has 0 heterocycles. The molecule has 1 rings (SSSR count). The fourth-order valence-corrected chi connectivity index (χ4v) is 3.20. The molecule has 136 valence electrons. The first-order chi connectivity index (χ1) is 11.6. The van der Waals surface area contributed by atoms with Crippen LogP contribution in [0.3, 0.4) is 0 Å². The highest BCUT2D eigenvalue weighted by molar-refractivity contribution is 5.84. The van der Waals surface area contributed by atoms with Gasteiger partial charge in [-0.15, -0.1) is 0 Å². The Bertz CT molecular complexity index is 427. The van der Waals surface area contributed by atoms with E-state index in [0.717, 1.165) is 19.3 Å². The van der Waals surface area contributed by atoms with Gasteiger partial charge in [0, 0.05) is 6.42 Å². The average molecular weight is 332 g/mol. The van der Waals surface area contributed by atoms with E-state index in [1.165, 1.54) is 56.9 Å². The molecule has 0 saturated heterocycles. The Hall–Kier alpha value is -1.15. The summed E-state index contributed by atoms with van der Waals surface area (Å²) in [6.45, 7) is 2.26. The lowest BCUT2D eigenvalue weighted by atomic mass is 9.97. The lowest BCUT2D eigenvalue weighted by Gasteiger charge is -2.23. The highest BCUT2D eigenvalue weighted by Gasteiger charge is 2.20. The predicted molar refractivity (Wildman–Crippen MR) is 104 cm³/mol. The summed E-state index contributed by atoms with van der Waals surface area (Å²) in [5.74, 6) is 0.395. The SMILES string of the molecule is CCCCCCCCCCCC(=O)C(Cc1ccccc1)N(C)C. The number of rotatable bonds is 14. The number of Topliss-reactive ketones (excluding diaryl/α,β-unsaturated/α-hetero) is 1. The standard InChI is InChI=1S/C22H37NO/c1-4-5-6-7-8-9-10-11-15-18-22(24)21(23(2)3)19-20-16-13-12-14-17-20/h12-14,16-17,21H,4-11,15,18-19H2,1-3H3. The molecule has 0 N–H and O–H groups in total. The average Bonchev–Trinajstić information content (AvgIpc) is 2.58. The molecule has 24 heavy (non-hydrogen) atoms. The van der Waals surface area contributed by atoms with Gasteiger partial charge in [-0.2, -0.15) is 0 Å². The monoisotopic (exact) mass is 331 g/mol. The largest absolute Gasteiger partial charge is 0.299 e. The number of benzene rings is 1. The first-order valence-corrected chi connectivity index (χ1v) is 9.88. The first-order valence-electron chi connectivity index (χ1n) is 9.88. The van der Waals surface area contributed by atoms with Crippen molar-refractivity contribution in [3.05, 3.63) is 35.9 Å². The highest BCUT2D eigenvalue weighted by atomic mass is 16.1. The minimum atomic E-state index is 0.0152. The fourth-order valence-electron chi connectivity index (χ4n) is 3.20. The Balaban J connectivity index is 2.19. The van der Waals surface area contributed by atoms with Crippen LogP contribution in [-0.4, -0.2) is 30.8 Å². The second kappa shape index (κ2) is 13.2. The van der Waals surface area contributed by atoms with Crippen LogP contribution in [-0.2, 0) is 11.2 Å². The van der Waals surface area contributed by atoms with Gasteiger partial charge in [-0.3, -0.25) is 9.69 Å². The van der Waals surface area contributed by atoms with E-state index in [-0.39, 0.29) is 6.04 Å². The van der Waals surface area contributed by atoms with Gasteiger partial charge in [-0.05, 0) is 32.5 Å². The van der Waals surface area contributed by atoms with Crippen molar-refractivity contribution in [2.75, 3.05) is 14.1 Å². The van der Waals surface area contributed by atoms with Crippen LogP contribution in [0.2, 0.25) is 0 Å². The lowest BCUT2D eigenvalue weighted by molar-refractivity contribution is -0.123. The van der Waals surface area contributed by atoms with E-state index < -0.39 is 0 Å². The maximum absolute atomic E-state index is 12.6. The number of carbonyl (C=O) groups is 1. The molecule has 0 saturated carbocycles. The van der Waals surface area contributed by atoms with Crippen LogP contribution in [0.1, 0.15) is 76.7 Å². The van der Waals surface area contributed by atoms with Gasteiger partial charge < -0.3 is 0 Å². The van der Waals surface area contributed by atoms with Crippen molar-refractivity contribution in [3.8, 4) is 0 Å². The zero-order valence-corrected chi connectivity index (χ0v) is 16.1. The van der Waals surface area contributed by atoms with Crippen molar-refractivity contribution in [2.45, 2.75) is 83.6 Å². The molecular formula is C22H37NO. The number of nitrogens with zero attached hydrogens (tertiary/aromatic N) is 1. The molecule has 0 amide bonds. The van der Waals surface area contributed by atoms with Gasteiger partial charge in [-0.25, -0.2) is 0 Å². The van der Waals surface area contributed by atoms with Crippen LogP contribution in [0.4, 0.5) is 0 Å². The summed E-state index contributed by atoms with van der Waals surface area (Å²) in [5, 5.41) is 0. The highest BCUT2D eigenvalue weighted by Crippen LogP contribution is 2.14. The second-order valence-electron chi connectivity index (χ2n) is 7.21. The van der Waals surface area contributed by atoms with E-state index in [4.69, 9.17) is 0 Å². The van der Waals surface area contributed by atoms with Gasteiger partial charge in [0.15, 0.2) is 0 Å². The Morgan fingerprint density at radius 1 is 0.875 bits per heavy atom. The molecule has 1 aromatic rings. The fraction of sp³-hybridized carbons (Fsp3) is 0.682. The molecule has 0 aliphatic heterocycles. The molecule has 1 atom stereocenters. The van der Waals surface area contributed by atoms with Crippen LogP contribution >= 0.6 is 0 Å². The molecular weight excluding hydrogens is 294 g/mol. The van der Waals surface area contributed by atoms with Gasteiger partial charge in [0.2, 0.25) is 0 Å². The lowest BCUT2D eigenvalue weighted by Crippen LogP contribution is -2.37. The molecule has 2 heteroatoms. The zero-order chi connectivity index (χ0) is 17.6. The van der Waals surface area contributed by atoms with Gasteiger partial charge in [-0.1, -0.05) is 88.6 Å². The molecule has 1 unspecified atom stereocenters. The predicted octanol–water partition coefficient (Wildman–Crippen LogP) is 5.65. The van der Waals surface area contributed by atoms with Crippen LogP contribution in [0.15, 0.2) is 30.3 Å². The van der Waals surface area contributed by atoms with E-state index in [1.54, 1.807) is 0 Å². The molecule has 0 aliphatic carbocycles. The summed E-state index contributed by atoms with van der Waals surface area (Å²) in [5.41, 5.74) is 1.25. The molecule has 0 aliphatic rings. The number of carbonyl (C=O) groups excluding carboxylic acids is 1. The Morgan fingerprint density at radius 3 is 1.96 bits per heavy atom. The summed E-state index contributed by atoms with van der Waals surface area (Å²) in [4.78, 5) is 14.6. The van der Waals surface area contributed by atoms with E-state index in [0.29, 0.717) is 5.78 Å². The van der Waals surface area contributed by atoms with Crippen LogP contribution in [0.5, 0.6) is 0 Å². The summed E-state index contributed by atoms with van der Waals surface area (Å²) < 4.78 is 0. The van der Waals surface area contributed by atoms with E-state index >= 15 is 0 Å². The number of ketones is 1. The van der Waals surface area contributed by atoms with Crippen molar-refractivity contribution >= 4 is 5.78 Å². The topological polar surface area (TPSA) is 20.3 Å². The molecule has 0 bridgehead atoms. The summed E-state index contributed by atoms with van der Waals surface area (Å²) in [6.07, 6.45) is 13.2. The van der Waals surface area contributed by atoms with Gasteiger partial charge >= 0.3 is 0 Å². The number of unbranched alkanes of at least 4 members (excludes halogenated alkanes) is 8. The molecule has 0 spiro atoms. The Kier molecular flexibility index (Phi) is 11.5. The summed E-state index contributed by atoms with van der Waals surface area (Å²) >= 11 is 0. The summed E-state index contributed by atoms with van der Waals surface area (Å²) in [6, 6.07) is 10.4. The number of hydrogen-bond donors (Lipinski definition) is 0. The minimum absolute atomic E-state index is 0.0152. The van der Waals surface area contributed by atoms with Crippen molar-refractivity contribution in [2.24, 2.45) is 0 Å². The molecule has 2 nitrogen and oxygen atoms in total. The molecule has 0 fully saturated rings. The van der Waals surface area contributed by atoms with E-state index in [9.17, 15) is 4.79 Å². The van der Waals surface area contributed by atoms with Crippen molar-refractivity contribution in [1.29, 1.82) is 0 Å². The smallest absolute Gasteiger partial charge is 0.150 e. The third kappa shape index (κ3) is 9.22. The van der Waals surface area contributed by atoms with Gasteiger partial charge in [0.25, 0.3) is 0 Å². The number of likely N-dealkylation sites (N-methyl/N-ethyl adjacent to an activating group) is 1. The van der Waals surface area contributed by atoms with E-state index in [1.807, 2.05) is 32.3 Å². The Morgan fingerprint density at radius 2 is 1.42 bits per heavy atom. The Labute approximate surface area is 149 Å². The third-order valence-corrected chi connectivity index (χ3v) is 4.79. The zero-order valence-electron chi connectivity index (χ0n) is 16.1. The van der Waals surface area contributed by atoms with Gasteiger partial charge in [0.1, 0.15) is 5.78 Å². The number of hydrogen-bond acceptors (Lipinski definition) is 2. The van der Waals surface area contributed by atoms with E-state index in [2.05, 4.69) is 24.0 Å². The normalized spacial score (nSPS) is 12.5. The van der Waals surface area contributed by atoms with Crippen molar-refractivity contribution in [3.63, 3.8) is 0 Å². The molecule has 0 radical (unpaired) electrons. The van der Waals surface area contributed by atoms with Crippen molar-refractivity contribution in [1.82, 2.24) is 4.90 Å². The maximum atomic E-state index is 12.6. The molecule has 0 aromatic heterocycles. The summed E-state index contributed by atoms with van der Waals surface area (Å²) in [7, 11) is 4.03. The van der Waals surface area contributed by atoms with Crippen LogP contribution < -0.4 is 0 Å². The third-order valence-electron chi connectivity index (χ3n) is 4.79. The quantitative estimate of drug-likeness (QED) is 0.411.